The Hall–Kier alpha value is -4.64. The molecule has 6 aromatic rings. The number of fused-ring (bicyclic) bond motifs is 2. The monoisotopic (exact) mass is 562 g/mol. The fraction of sp³-hybridized carbons (Fsp3) is 0. The zero-order valence-electron chi connectivity index (χ0n) is 20.9. The average Bonchev–Trinajstić information content (AvgIpc) is 2.98. The van der Waals surface area contributed by atoms with Gasteiger partial charge in [0.25, 0.3) is 0 Å². The maximum atomic E-state index is 13.2. The number of carbonyl (C=O) groups excluding carboxylic acids is 2. The molecule has 0 bridgehead atoms. The minimum Gasteiger partial charge on any atom is -0.422 e. The van der Waals surface area contributed by atoms with Crippen LogP contribution < -0.4 is 9.47 Å². The van der Waals surface area contributed by atoms with Crippen LogP contribution in [0, 0.1) is 0 Å². The van der Waals surface area contributed by atoms with E-state index in [9.17, 15) is 9.59 Å². The van der Waals surface area contributed by atoms with Crippen LogP contribution in [0.5, 0.6) is 11.5 Å². The van der Waals surface area contributed by atoms with Crippen molar-refractivity contribution >= 4 is 56.7 Å². The molecule has 0 aliphatic heterocycles. The largest absolute Gasteiger partial charge is 0.422 e. The predicted octanol–water partition coefficient (Wildman–Crippen LogP) is 9.41. The molecule has 0 atom stereocenters. The van der Waals surface area contributed by atoms with Crippen molar-refractivity contribution in [2.45, 2.75) is 0 Å². The van der Waals surface area contributed by atoms with Crippen molar-refractivity contribution in [3.8, 4) is 22.6 Å². The van der Waals surface area contributed by atoms with E-state index in [1.807, 2.05) is 60.7 Å². The number of carbonyl (C=O) groups is 2. The van der Waals surface area contributed by atoms with Gasteiger partial charge in [0.15, 0.2) is 0 Å². The second kappa shape index (κ2) is 10.9. The van der Waals surface area contributed by atoms with Crippen LogP contribution in [0.15, 0.2) is 121 Å². The molecule has 194 valence electrons. The van der Waals surface area contributed by atoms with Crippen molar-refractivity contribution in [2.75, 3.05) is 0 Å². The number of hydrogen-bond donors (Lipinski definition) is 0. The minimum absolute atomic E-state index is 0.332. The SMILES string of the molecule is O=C(Oc1ccc2ccccc2c1-c1c(OC(=O)c2ccc(Cl)cc2)ccc2ccccc12)c1ccc(Cl)cc1. The van der Waals surface area contributed by atoms with E-state index in [1.165, 1.54) is 0 Å². The molecular weight excluding hydrogens is 543 g/mol. The lowest BCUT2D eigenvalue weighted by Crippen LogP contribution is -2.11. The third-order valence-corrected chi connectivity index (χ3v) is 7.10. The van der Waals surface area contributed by atoms with E-state index in [2.05, 4.69) is 0 Å². The van der Waals surface area contributed by atoms with Crippen molar-refractivity contribution in [2.24, 2.45) is 0 Å². The molecule has 6 aromatic carbocycles. The molecule has 0 unspecified atom stereocenters. The van der Waals surface area contributed by atoms with Crippen molar-refractivity contribution < 1.29 is 19.1 Å². The van der Waals surface area contributed by atoms with Gasteiger partial charge in [-0.25, -0.2) is 9.59 Å². The van der Waals surface area contributed by atoms with Gasteiger partial charge in [0, 0.05) is 21.2 Å². The van der Waals surface area contributed by atoms with Crippen molar-refractivity contribution in [1.29, 1.82) is 0 Å². The van der Waals surface area contributed by atoms with E-state index in [0.717, 1.165) is 21.5 Å². The summed E-state index contributed by atoms with van der Waals surface area (Å²) < 4.78 is 12.0. The molecule has 0 saturated heterocycles. The Morgan fingerprint density at radius 2 is 0.825 bits per heavy atom. The van der Waals surface area contributed by atoms with Crippen molar-refractivity contribution in [3.05, 3.63) is 142 Å². The Kier molecular flexibility index (Phi) is 6.95. The molecule has 40 heavy (non-hydrogen) atoms. The van der Waals surface area contributed by atoms with Crippen molar-refractivity contribution in [3.63, 3.8) is 0 Å². The quantitative estimate of drug-likeness (QED) is 0.155. The highest BCUT2D eigenvalue weighted by molar-refractivity contribution is 6.31. The zero-order valence-corrected chi connectivity index (χ0v) is 22.4. The maximum Gasteiger partial charge on any atom is 0.343 e. The summed E-state index contributed by atoms with van der Waals surface area (Å²) >= 11 is 12.0. The lowest BCUT2D eigenvalue weighted by molar-refractivity contribution is 0.0723. The second-order valence-corrected chi connectivity index (χ2v) is 9.99. The minimum atomic E-state index is -0.534. The molecular formula is C34H20Cl2O4. The van der Waals surface area contributed by atoms with Gasteiger partial charge in [-0.3, -0.25) is 0 Å². The maximum absolute atomic E-state index is 13.2. The number of halogens is 2. The number of esters is 2. The van der Waals surface area contributed by atoms with Crippen LogP contribution in [0.1, 0.15) is 20.7 Å². The number of ether oxygens (including phenoxy) is 2. The van der Waals surface area contributed by atoms with E-state index >= 15 is 0 Å². The van der Waals surface area contributed by atoms with E-state index in [4.69, 9.17) is 32.7 Å². The number of rotatable bonds is 5. The molecule has 0 saturated carbocycles. The summed E-state index contributed by atoms with van der Waals surface area (Å²) in [6.45, 7) is 0. The lowest BCUT2D eigenvalue weighted by atomic mass is 9.92. The van der Waals surface area contributed by atoms with Gasteiger partial charge in [-0.05, 0) is 82.2 Å². The highest BCUT2D eigenvalue weighted by atomic mass is 35.5. The molecule has 0 spiro atoms. The first-order valence-corrected chi connectivity index (χ1v) is 13.2. The molecule has 0 aliphatic rings. The third-order valence-electron chi connectivity index (χ3n) is 6.60. The van der Waals surface area contributed by atoms with Gasteiger partial charge >= 0.3 is 11.9 Å². The smallest absolute Gasteiger partial charge is 0.343 e. The Morgan fingerprint density at radius 1 is 0.450 bits per heavy atom. The van der Waals surface area contributed by atoms with Gasteiger partial charge in [-0.1, -0.05) is 83.9 Å². The van der Waals surface area contributed by atoms with E-state index in [0.29, 0.717) is 43.8 Å². The zero-order chi connectivity index (χ0) is 27.6. The lowest BCUT2D eigenvalue weighted by Gasteiger charge is -2.18. The summed E-state index contributed by atoms with van der Waals surface area (Å²) in [5.41, 5.74) is 1.99. The van der Waals surface area contributed by atoms with Gasteiger partial charge in [-0.15, -0.1) is 0 Å². The Labute approximate surface area is 240 Å². The summed E-state index contributed by atoms with van der Waals surface area (Å²) in [4.78, 5) is 26.4. The van der Waals surface area contributed by atoms with Crippen LogP contribution in [0.25, 0.3) is 32.7 Å². The Bertz CT molecular complexity index is 1750. The van der Waals surface area contributed by atoms with Gasteiger partial charge in [0.1, 0.15) is 11.5 Å². The molecule has 0 N–H and O–H groups in total. The first kappa shape index (κ1) is 25.6. The fourth-order valence-electron chi connectivity index (χ4n) is 4.68. The van der Waals surface area contributed by atoms with Gasteiger partial charge in [-0.2, -0.15) is 0 Å². The summed E-state index contributed by atoms with van der Waals surface area (Å²) in [6.07, 6.45) is 0. The number of hydrogen-bond acceptors (Lipinski definition) is 4. The number of benzene rings is 6. The van der Waals surface area contributed by atoms with E-state index in [-0.39, 0.29) is 0 Å². The van der Waals surface area contributed by atoms with Crippen LogP contribution in [-0.4, -0.2) is 11.9 Å². The van der Waals surface area contributed by atoms with E-state index < -0.39 is 11.9 Å². The Balaban J connectivity index is 1.55. The van der Waals surface area contributed by atoms with Crippen LogP contribution in [-0.2, 0) is 0 Å². The van der Waals surface area contributed by atoms with Crippen LogP contribution in [0.2, 0.25) is 10.0 Å². The Morgan fingerprint density at radius 3 is 1.23 bits per heavy atom. The molecule has 0 aliphatic carbocycles. The highest BCUT2D eigenvalue weighted by Gasteiger charge is 2.23. The van der Waals surface area contributed by atoms with E-state index in [1.54, 1.807) is 60.7 Å². The molecule has 0 radical (unpaired) electrons. The molecule has 4 nitrogen and oxygen atoms in total. The predicted molar refractivity (Wildman–Crippen MR) is 160 cm³/mol. The standard InChI is InChI=1S/C34H20Cl2O4/c35-25-15-9-23(10-16-25)33(37)39-29-19-13-21-5-1-3-7-27(21)31(29)32-28-8-4-2-6-22(28)14-20-30(32)40-34(38)24-11-17-26(36)18-12-24/h1-20H. The molecule has 0 aromatic heterocycles. The summed E-state index contributed by atoms with van der Waals surface area (Å²) in [7, 11) is 0. The van der Waals surface area contributed by atoms with Gasteiger partial charge in [0.05, 0.1) is 11.1 Å². The molecule has 6 heteroatoms. The average molecular weight is 563 g/mol. The normalized spacial score (nSPS) is 10.9. The van der Waals surface area contributed by atoms with Crippen molar-refractivity contribution in [1.82, 2.24) is 0 Å². The molecule has 0 heterocycles. The first-order chi connectivity index (χ1) is 19.5. The van der Waals surface area contributed by atoms with Gasteiger partial charge in [0.2, 0.25) is 0 Å². The van der Waals surface area contributed by atoms with Crippen LogP contribution >= 0.6 is 23.2 Å². The first-order valence-electron chi connectivity index (χ1n) is 12.5. The second-order valence-electron chi connectivity index (χ2n) is 9.11. The van der Waals surface area contributed by atoms with Crippen LogP contribution in [0.3, 0.4) is 0 Å². The summed E-state index contributed by atoms with van der Waals surface area (Å²) in [6, 6.07) is 35.9. The fourth-order valence-corrected chi connectivity index (χ4v) is 4.93. The highest BCUT2D eigenvalue weighted by Crippen LogP contribution is 2.46. The molecule has 0 amide bonds. The topological polar surface area (TPSA) is 52.6 Å². The molecule has 0 fully saturated rings. The summed E-state index contributed by atoms with van der Waals surface area (Å²) in [5, 5.41) is 4.59. The van der Waals surface area contributed by atoms with Gasteiger partial charge < -0.3 is 9.47 Å². The third kappa shape index (κ3) is 5.03. The van der Waals surface area contributed by atoms with Crippen LogP contribution in [0.4, 0.5) is 0 Å². The summed E-state index contributed by atoms with van der Waals surface area (Å²) in [5.74, 6) is -0.404. The molecule has 6 rings (SSSR count).